The van der Waals surface area contributed by atoms with Gasteiger partial charge in [0.15, 0.2) is 0 Å². The lowest BCUT2D eigenvalue weighted by molar-refractivity contribution is -0.384. The molecule has 19 heavy (non-hydrogen) atoms. The molecule has 1 N–H and O–H groups in total. The lowest BCUT2D eigenvalue weighted by Gasteiger charge is -2.21. The van der Waals surface area contributed by atoms with Crippen LogP contribution >= 0.6 is 0 Å². The molecular weight excluding hydrogens is 240 g/mol. The van der Waals surface area contributed by atoms with E-state index in [1.54, 1.807) is 12.1 Å². The summed E-state index contributed by atoms with van der Waals surface area (Å²) < 4.78 is 0. The van der Waals surface area contributed by atoms with E-state index in [0.29, 0.717) is 6.04 Å². The Morgan fingerprint density at radius 2 is 2.00 bits per heavy atom. The predicted molar refractivity (Wildman–Crippen MR) is 75.9 cm³/mol. The van der Waals surface area contributed by atoms with Crippen LogP contribution in [0.15, 0.2) is 24.3 Å². The summed E-state index contributed by atoms with van der Waals surface area (Å²) >= 11 is 0. The Labute approximate surface area is 114 Å². The van der Waals surface area contributed by atoms with Crippen molar-refractivity contribution in [3.05, 3.63) is 39.9 Å². The van der Waals surface area contributed by atoms with E-state index in [9.17, 15) is 10.1 Å². The van der Waals surface area contributed by atoms with E-state index in [1.165, 1.54) is 19.3 Å². The largest absolute Gasteiger partial charge is 0.310 e. The van der Waals surface area contributed by atoms with E-state index in [1.807, 2.05) is 12.1 Å². The van der Waals surface area contributed by atoms with Crippen molar-refractivity contribution in [1.29, 1.82) is 0 Å². The molecule has 1 aliphatic rings. The lowest BCUT2D eigenvalue weighted by atomic mass is 9.93. The first-order chi connectivity index (χ1) is 9.11. The smallest absolute Gasteiger partial charge is 0.269 e. The van der Waals surface area contributed by atoms with E-state index in [0.717, 1.165) is 23.9 Å². The maximum Gasteiger partial charge on any atom is 0.269 e. The number of benzene rings is 1. The Kier molecular flexibility index (Phi) is 4.53. The summed E-state index contributed by atoms with van der Waals surface area (Å²) in [6.45, 7) is 5.39. The maximum atomic E-state index is 10.6. The minimum atomic E-state index is -0.359. The van der Waals surface area contributed by atoms with Crippen LogP contribution in [-0.4, -0.2) is 11.0 Å². The van der Waals surface area contributed by atoms with Gasteiger partial charge in [-0.2, -0.15) is 0 Å². The number of hydrogen-bond donors (Lipinski definition) is 1. The van der Waals surface area contributed by atoms with Crippen molar-refractivity contribution < 1.29 is 4.92 Å². The van der Waals surface area contributed by atoms with Crippen molar-refractivity contribution in [1.82, 2.24) is 5.32 Å². The highest BCUT2D eigenvalue weighted by Gasteiger charge is 2.30. The second-order valence-electron chi connectivity index (χ2n) is 5.52. The molecular formula is C15H22N2O2. The fraction of sp³-hybridized carbons (Fsp3) is 0.600. The molecule has 0 spiro atoms. The number of nitrogens with zero attached hydrogens (tertiary/aromatic N) is 1. The highest BCUT2D eigenvalue weighted by Crippen LogP contribution is 2.33. The first-order valence-corrected chi connectivity index (χ1v) is 7.08. The van der Waals surface area contributed by atoms with E-state index < -0.39 is 0 Å². The highest BCUT2D eigenvalue weighted by atomic mass is 16.6. The molecule has 0 amide bonds. The zero-order valence-electron chi connectivity index (χ0n) is 11.6. The molecule has 4 nitrogen and oxygen atoms in total. The third kappa shape index (κ3) is 3.32. The summed E-state index contributed by atoms with van der Waals surface area (Å²) in [5.74, 6) is 1.57. The van der Waals surface area contributed by atoms with Crippen molar-refractivity contribution in [3.8, 4) is 0 Å². The summed E-state index contributed by atoms with van der Waals surface area (Å²) in [5, 5.41) is 14.2. The third-order valence-electron chi connectivity index (χ3n) is 4.47. The van der Waals surface area contributed by atoms with Crippen LogP contribution in [0.3, 0.4) is 0 Å². The quantitative estimate of drug-likeness (QED) is 0.652. The van der Waals surface area contributed by atoms with Crippen LogP contribution in [0.25, 0.3) is 0 Å². The normalized spacial score (nSPS) is 26.5. The van der Waals surface area contributed by atoms with E-state index in [4.69, 9.17) is 0 Å². The molecule has 1 aliphatic carbocycles. The van der Waals surface area contributed by atoms with Gasteiger partial charge < -0.3 is 5.32 Å². The Hall–Kier alpha value is -1.42. The molecule has 1 aromatic carbocycles. The first kappa shape index (κ1) is 14.0. The third-order valence-corrected chi connectivity index (χ3v) is 4.47. The topological polar surface area (TPSA) is 55.2 Å². The summed E-state index contributed by atoms with van der Waals surface area (Å²) in [4.78, 5) is 10.2. The lowest BCUT2D eigenvalue weighted by Crippen LogP contribution is -2.32. The fourth-order valence-electron chi connectivity index (χ4n) is 3.10. The molecule has 1 saturated carbocycles. The van der Waals surface area contributed by atoms with Gasteiger partial charge in [-0.3, -0.25) is 10.1 Å². The number of rotatable bonds is 5. The maximum absolute atomic E-state index is 10.6. The second kappa shape index (κ2) is 6.15. The molecule has 3 unspecified atom stereocenters. The molecule has 2 rings (SSSR count). The number of nitrogens with one attached hydrogen (secondary N) is 1. The molecule has 1 aromatic rings. The zero-order chi connectivity index (χ0) is 13.8. The monoisotopic (exact) mass is 262 g/mol. The predicted octanol–water partition coefficient (Wildman–Crippen LogP) is 3.51. The van der Waals surface area contributed by atoms with Crippen molar-refractivity contribution in [3.63, 3.8) is 0 Å². The molecule has 0 aliphatic heterocycles. The van der Waals surface area contributed by atoms with Crippen LogP contribution in [0.4, 0.5) is 5.69 Å². The number of nitro groups is 1. The Morgan fingerprint density at radius 1 is 1.32 bits per heavy atom. The van der Waals surface area contributed by atoms with Crippen molar-refractivity contribution in [2.45, 2.75) is 45.7 Å². The number of nitro benzene ring substituents is 1. The van der Waals surface area contributed by atoms with Gasteiger partial charge in [-0.1, -0.05) is 32.4 Å². The van der Waals surface area contributed by atoms with Gasteiger partial charge in [-0.15, -0.1) is 0 Å². The summed E-state index contributed by atoms with van der Waals surface area (Å²) in [7, 11) is 0. The van der Waals surface area contributed by atoms with Crippen LogP contribution < -0.4 is 5.32 Å². The van der Waals surface area contributed by atoms with E-state index >= 15 is 0 Å². The van der Waals surface area contributed by atoms with Gasteiger partial charge in [0.1, 0.15) is 0 Å². The zero-order valence-corrected chi connectivity index (χ0v) is 11.6. The van der Waals surface area contributed by atoms with Crippen molar-refractivity contribution in [2.75, 3.05) is 0 Å². The van der Waals surface area contributed by atoms with E-state index in [2.05, 4.69) is 19.2 Å². The number of non-ortho nitro benzene ring substituents is 1. The molecule has 0 aromatic heterocycles. The average molecular weight is 262 g/mol. The van der Waals surface area contributed by atoms with Gasteiger partial charge in [-0.25, -0.2) is 0 Å². The SMILES string of the molecule is CCC1CCC(NCc2ccc([N+](=O)[O-])cc2)C1C. The van der Waals surface area contributed by atoms with Crippen LogP contribution in [-0.2, 0) is 6.54 Å². The summed E-state index contributed by atoms with van der Waals surface area (Å²) in [5.41, 5.74) is 1.27. The Bertz CT molecular complexity index is 430. The highest BCUT2D eigenvalue weighted by molar-refractivity contribution is 5.32. The summed E-state index contributed by atoms with van der Waals surface area (Å²) in [6, 6.07) is 7.40. The minimum Gasteiger partial charge on any atom is -0.310 e. The van der Waals surface area contributed by atoms with Crippen LogP contribution in [0.5, 0.6) is 0 Å². The van der Waals surface area contributed by atoms with Crippen LogP contribution in [0, 0.1) is 22.0 Å². The Morgan fingerprint density at radius 3 is 2.53 bits per heavy atom. The first-order valence-electron chi connectivity index (χ1n) is 7.08. The number of hydrogen-bond acceptors (Lipinski definition) is 3. The van der Waals surface area contributed by atoms with Gasteiger partial charge in [0, 0.05) is 24.7 Å². The molecule has 1 fully saturated rings. The average Bonchev–Trinajstić information content (AvgIpc) is 2.77. The minimum absolute atomic E-state index is 0.157. The van der Waals surface area contributed by atoms with Crippen LogP contribution in [0.1, 0.15) is 38.7 Å². The molecule has 0 heterocycles. The standard InChI is InChI=1S/C15H22N2O2/c1-3-13-6-9-15(11(13)2)16-10-12-4-7-14(8-5-12)17(18)19/h4-5,7-8,11,13,15-16H,3,6,9-10H2,1-2H3. The van der Waals surface area contributed by atoms with Crippen LogP contribution in [0.2, 0.25) is 0 Å². The van der Waals surface area contributed by atoms with E-state index in [-0.39, 0.29) is 10.6 Å². The molecule has 0 saturated heterocycles. The van der Waals surface area contributed by atoms with Crippen molar-refractivity contribution >= 4 is 5.69 Å². The second-order valence-corrected chi connectivity index (χ2v) is 5.52. The molecule has 3 atom stereocenters. The molecule has 0 radical (unpaired) electrons. The van der Waals surface area contributed by atoms with Gasteiger partial charge in [0.25, 0.3) is 5.69 Å². The fourth-order valence-corrected chi connectivity index (χ4v) is 3.10. The van der Waals surface area contributed by atoms with Crippen molar-refractivity contribution in [2.24, 2.45) is 11.8 Å². The van der Waals surface area contributed by atoms with Gasteiger partial charge in [0.05, 0.1) is 4.92 Å². The molecule has 4 heteroatoms. The molecule has 0 bridgehead atoms. The molecule has 104 valence electrons. The summed E-state index contributed by atoms with van der Waals surface area (Å²) in [6.07, 6.45) is 3.82. The van der Waals surface area contributed by atoms with Gasteiger partial charge in [0.2, 0.25) is 0 Å². The van der Waals surface area contributed by atoms with Gasteiger partial charge >= 0.3 is 0 Å². The van der Waals surface area contributed by atoms with Gasteiger partial charge in [-0.05, 0) is 30.2 Å². The Balaban J connectivity index is 1.87.